The lowest BCUT2D eigenvalue weighted by atomic mass is 10.1. The summed E-state index contributed by atoms with van der Waals surface area (Å²) in [5.41, 5.74) is 11.1. The normalized spacial score (nSPS) is 11.2. The van der Waals surface area contributed by atoms with E-state index in [1.807, 2.05) is 31.2 Å². The predicted molar refractivity (Wildman–Crippen MR) is 99.2 cm³/mol. The summed E-state index contributed by atoms with van der Waals surface area (Å²) >= 11 is 0. The van der Waals surface area contributed by atoms with Gasteiger partial charge in [-0.15, -0.1) is 0 Å². The van der Waals surface area contributed by atoms with E-state index in [2.05, 4.69) is 39.5 Å². The van der Waals surface area contributed by atoms with Crippen LogP contribution in [0.3, 0.4) is 0 Å². The number of nitrogens with two attached hydrogens (primary N) is 1. The van der Waals surface area contributed by atoms with E-state index in [0.717, 1.165) is 36.1 Å². The summed E-state index contributed by atoms with van der Waals surface area (Å²) < 4.78 is 5.41. The van der Waals surface area contributed by atoms with Crippen LogP contribution in [0.25, 0.3) is 22.3 Å². The molecular weight excluding hydrogens is 312 g/mol. The Bertz CT molecular complexity index is 1020. The molecule has 4 rings (SSSR count). The Morgan fingerprint density at radius 1 is 1.08 bits per heavy atom. The van der Waals surface area contributed by atoms with Gasteiger partial charge >= 0.3 is 0 Å². The highest BCUT2D eigenvalue weighted by Crippen LogP contribution is 2.25. The number of nitrogens with one attached hydrogen (secondary N) is 1. The minimum atomic E-state index is 0.604. The first-order valence-electron chi connectivity index (χ1n) is 8.45. The SMILES string of the molecule is Cc1c(N)cccc1-c1noc(CCCc2c[nH]c3ccccc23)n1. The van der Waals surface area contributed by atoms with Gasteiger partial charge < -0.3 is 15.2 Å². The molecule has 0 unspecified atom stereocenters. The van der Waals surface area contributed by atoms with Gasteiger partial charge in [-0.3, -0.25) is 0 Å². The maximum absolute atomic E-state index is 5.96. The average molecular weight is 332 g/mol. The molecule has 0 radical (unpaired) electrons. The van der Waals surface area contributed by atoms with Crippen LogP contribution < -0.4 is 5.73 Å². The summed E-state index contributed by atoms with van der Waals surface area (Å²) in [4.78, 5) is 7.83. The van der Waals surface area contributed by atoms with E-state index in [0.29, 0.717) is 11.7 Å². The van der Waals surface area contributed by atoms with Crippen LogP contribution in [0.15, 0.2) is 53.2 Å². The Morgan fingerprint density at radius 2 is 1.96 bits per heavy atom. The van der Waals surface area contributed by atoms with Crippen LogP contribution in [0.5, 0.6) is 0 Å². The number of aryl methyl sites for hydroxylation is 2. The maximum Gasteiger partial charge on any atom is 0.226 e. The van der Waals surface area contributed by atoms with Gasteiger partial charge in [-0.1, -0.05) is 35.5 Å². The molecular formula is C20H20N4O. The van der Waals surface area contributed by atoms with E-state index in [-0.39, 0.29) is 0 Å². The van der Waals surface area contributed by atoms with Crippen molar-refractivity contribution in [2.45, 2.75) is 26.2 Å². The van der Waals surface area contributed by atoms with E-state index >= 15 is 0 Å². The Morgan fingerprint density at radius 3 is 2.88 bits per heavy atom. The minimum Gasteiger partial charge on any atom is -0.398 e. The fourth-order valence-electron chi connectivity index (χ4n) is 3.13. The van der Waals surface area contributed by atoms with Gasteiger partial charge in [0.25, 0.3) is 0 Å². The molecule has 126 valence electrons. The molecule has 2 aromatic carbocycles. The predicted octanol–water partition coefficient (Wildman–Crippen LogP) is 4.28. The summed E-state index contributed by atoms with van der Waals surface area (Å²) in [6.45, 7) is 1.97. The van der Waals surface area contributed by atoms with Crippen molar-refractivity contribution in [3.8, 4) is 11.4 Å². The molecule has 0 bridgehead atoms. The molecule has 0 atom stereocenters. The standard InChI is InChI=1S/C20H20N4O/c1-13-15(8-5-9-17(13)21)20-23-19(25-24-20)11-4-6-14-12-22-18-10-3-2-7-16(14)18/h2-3,5,7-10,12,22H,4,6,11,21H2,1H3. The van der Waals surface area contributed by atoms with Crippen molar-refractivity contribution in [2.75, 3.05) is 5.73 Å². The zero-order valence-electron chi connectivity index (χ0n) is 14.1. The summed E-state index contributed by atoms with van der Waals surface area (Å²) in [5, 5.41) is 5.39. The zero-order valence-corrected chi connectivity index (χ0v) is 14.1. The number of rotatable bonds is 5. The number of aromatic nitrogens is 3. The molecule has 0 saturated carbocycles. The van der Waals surface area contributed by atoms with Gasteiger partial charge in [0.15, 0.2) is 0 Å². The van der Waals surface area contributed by atoms with E-state index in [1.165, 1.54) is 16.5 Å². The largest absolute Gasteiger partial charge is 0.398 e. The molecule has 2 heterocycles. The Labute approximate surface area is 145 Å². The molecule has 5 nitrogen and oxygen atoms in total. The van der Waals surface area contributed by atoms with Crippen molar-refractivity contribution in [1.82, 2.24) is 15.1 Å². The molecule has 0 aliphatic rings. The number of hydrogen-bond donors (Lipinski definition) is 2. The number of benzene rings is 2. The lowest BCUT2D eigenvalue weighted by molar-refractivity contribution is 0.376. The average Bonchev–Trinajstić information content (AvgIpc) is 3.25. The van der Waals surface area contributed by atoms with Gasteiger partial charge in [0.2, 0.25) is 11.7 Å². The zero-order chi connectivity index (χ0) is 17.2. The van der Waals surface area contributed by atoms with E-state index in [4.69, 9.17) is 10.3 Å². The van der Waals surface area contributed by atoms with Crippen molar-refractivity contribution in [1.29, 1.82) is 0 Å². The lowest BCUT2D eigenvalue weighted by Crippen LogP contribution is -1.93. The van der Waals surface area contributed by atoms with Gasteiger partial charge in [-0.2, -0.15) is 4.98 Å². The third-order valence-electron chi connectivity index (χ3n) is 4.60. The van der Waals surface area contributed by atoms with Gasteiger partial charge in [0.1, 0.15) is 0 Å². The summed E-state index contributed by atoms with van der Waals surface area (Å²) in [7, 11) is 0. The Kier molecular flexibility index (Phi) is 3.98. The highest BCUT2D eigenvalue weighted by molar-refractivity contribution is 5.83. The van der Waals surface area contributed by atoms with E-state index in [1.54, 1.807) is 0 Å². The molecule has 25 heavy (non-hydrogen) atoms. The van der Waals surface area contributed by atoms with Gasteiger partial charge in [0, 0.05) is 34.8 Å². The number of H-pyrrole nitrogens is 1. The first-order chi connectivity index (χ1) is 12.2. The summed E-state index contributed by atoms with van der Waals surface area (Å²) in [5.74, 6) is 1.27. The van der Waals surface area contributed by atoms with Gasteiger partial charge in [-0.25, -0.2) is 0 Å². The molecule has 0 aliphatic carbocycles. The monoisotopic (exact) mass is 332 g/mol. The molecule has 4 aromatic rings. The molecule has 0 fully saturated rings. The van der Waals surface area contributed by atoms with Crippen molar-refractivity contribution < 1.29 is 4.52 Å². The van der Waals surface area contributed by atoms with Crippen LogP contribution in [-0.2, 0) is 12.8 Å². The van der Waals surface area contributed by atoms with Crippen LogP contribution in [0.1, 0.15) is 23.4 Å². The van der Waals surface area contributed by atoms with Crippen LogP contribution in [-0.4, -0.2) is 15.1 Å². The van der Waals surface area contributed by atoms with Crippen molar-refractivity contribution in [3.63, 3.8) is 0 Å². The second kappa shape index (κ2) is 6.43. The molecule has 2 aromatic heterocycles. The van der Waals surface area contributed by atoms with Crippen LogP contribution >= 0.6 is 0 Å². The highest BCUT2D eigenvalue weighted by Gasteiger charge is 2.12. The summed E-state index contributed by atoms with van der Waals surface area (Å²) in [6.07, 6.45) is 4.77. The lowest BCUT2D eigenvalue weighted by Gasteiger charge is -2.03. The van der Waals surface area contributed by atoms with Gasteiger partial charge in [-0.05, 0) is 43.0 Å². The highest BCUT2D eigenvalue weighted by atomic mass is 16.5. The fourth-order valence-corrected chi connectivity index (χ4v) is 3.13. The molecule has 0 amide bonds. The van der Waals surface area contributed by atoms with E-state index in [9.17, 15) is 0 Å². The topological polar surface area (TPSA) is 80.7 Å². The first-order valence-corrected chi connectivity index (χ1v) is 8.45. The van der Waals surface area contributed by atoms with Crippen molar-refractivity contribution >= 4 is 16.6 Å². The van der Waals surface area contributed by atoms with Crippen LogP contribution in [0.2, 0.25) is 0 Å². The van der Waals surface area contributed by atoms with Gasteiger partial charge in [0.05, 0.1) is 0 Å². The number of anilines is 1. The third-order valence-corrected chi connectivity index (χ3v) is 4.60. The number of nitrogens with zero attached hydrogens (tertiary/aromatic N) is 2. The molecule has 0 saturated heterocycles. The van der Waals surface area contributed by atoms with E-state index < -0.39 is 0 Å². The number of hydrogen-bond acceptors (Lipinski definition) is 4. The molecule has 3 N–H and O–H groups in total. The fraction of sp³-hybridized carbons (Fsp3) is 0.200. The number of fused-ring (bicyclic) bond motifs is 1. The Hall–Kier alpha value is -3.08. The quantitative estimate of drug-likeness (QED) is 0.534. The first kappa shape index (κ1) is 15.4. The van der Waals surface area contributed by atoms with Crippen molar-refractivity contribution in [2.24, 2.45) is 0 Å². The van der Waals surface area contributed by atoms with Crippen LogP contribution in [0.4, 0.5) is 5.69 Å². The molecule has 0 spiro atoms. The van der Waals surface area contributed by atoms with Crippen LogP contribution in [0, 0.1) is 6.92 Å². The minimum absolute atomic E-state index is 0.604. The maximum atomic E-state index is 5.96. The number of para-hydroxylation sites is 1. The molecule has 0 aliphatic heterocycles. The Balaban J connectivity index is 1.44. The van der Waals surface area contributed by atoms with Crippen molar-refractivity contribution in [3.05, 3.63) is 65.7 Å². The number of aromatic amines is 1. The number of nitrogen functional groups attached to an aromatic ring is 1. The summed E-state index contributed by atoms with van der Waals surface area (Å²) in [6, 6.07) is 14.1. The third kappa shape index (κ3) is 3.01. The second-order valence-corrected chi connectivity index (χ2v) is 6.24. The molecule has 5 heteroatoms. The smallest absolute Gasteiger partial charge is 0.226 e. The second-order valence-electron chi connectivity index (χ2n) is 6.24.